The molecule has 0 unspecified atom stereocenters. The van der Waals surface area contributed by atoms with Crippen molar-refractivity contribution < 1.29 is 0 Å². The highest BCUT2D eigenvalue weighted by molar-refractivity contribution is 5.42. The predicted molar refractivity (Wildman–Crippen MR) is 77.8 cm³/mol. The zero-order valence-corrected chi connectivity index (χ0v) is 11.5. The third-order valence-corrected chi connectivity index (χ3v) is 3.19. The van der Waals surface area contributed by atoms with Crippen LogP contribution in [0.4, 0.5) is 5.82 Å². The van der Waals surface area contributed by atoms with Gasteiger partial charge in [0.1, 0.15) is 5.82 Å². The van der Waals surface area contributed by atoms with Crippen molar-refractivity contribution >= 4 is 5.82 Å². The summed E-state index contributed by atoms with van der Waals surface area (Å²) in [5, 5.41) is 0. The maximum atomic E-state index is 5.67. The van der Waals surface area contributed by atoms with Crippen LogP contribution in [0.15, 0.2) is 36.5 Å². The molecule has 0 amide bonds. The number of aryl methyl sites for hydroxylation is 1. The van der Waals surface area contributed by atoms with Crippen LogP contribution in [-0.4, -0.2) is 16.5 Å². The number of pyridine rings is 2. The van der Waals surface area contributed by atoms with Gasteiger partial charge in [-0.1, -0.05) is 12.1 Å². The van der Waals surface area contributed by atoms with Gasteiger partial charge >= 0.3 is 0 Å². The Morgan fingerprint density at radius 1 is 1.21 bits per heavy atom. The van der Waals surface area contributed by atoms with Gasteiger partial charge in [-0.2, -0.15) is 0 Å². The van der Waals surface area contributed by atoms with Gasteiger partial charge in [0.2, 0.25) is 0 Å². The summed E-state index contributed by atoms with van der Waals surface area (Å²) in [5.74, 6) is 0.975. The van der Waals surface area contributed by atoms with Crippen molar-refractivity contribution in [2.24, 2.45) is 5.73 Å². The van der Waals surface area contributed by atoms with Gasteiger partial charge in [-0.25, -0.2) is 4.98 Å². The van der Waals surface area contributed by atoms with E-state index < -0.39 is 0 Å². The lowest BCUT2D eigenvalue weighted by atomic mass is 10.2. The number of hydrogen-bond donors (Lipinski definition) is 1. The average Bonchev–Trinajstić information content (AvgIpc) is 2.46. The predicted octanol–water partition coefficient (Wildman–Crippen LogP) is 2.27. The molecule has 100 valence electrons. The Hall–Kier alpha value is -1.94. The number of rotatable bonds is 5. The zero-order chi connectivity index (χ0) is 13.7. The maximum absolute atomic E-state index is 5.67. The van der Waals surface area contributed by atoms with E-state index in [-0.39, 0.29) is 0 Å². The third kappa shape index (κ3) is 3.29. The molecule has 0 atom stereocenters. The summed E-state index contributed by atoms with van der Waals surface area (Å²) in [6.07, 6.45) is 1.82. The summed E-state index contributed by atoms with van der Waals surface area (Å²) in [5.41, 5.74) is 8.81. The number of nitrogens with two attached hydrogens (primary N) is 1. The topological polar surface area (TPSA) is 55.0 Å². The van der Waals surface area contributed by atoms with Crippen molar-refractivity contribution in [3.63, 3.8) is 0 Å². The van der Waals surface area contributed by atoms with Crippen molar-refractivity contribution in [3.8, 4) is 0 Å². The van der Waals surface area contributed by atoms with E-state index in [1.54, 1.807) is 0 Å². The van der Waals surface area contributed by atoms with Gasteiger partial charge in [-0.05, 0) is 37.6 Å². The molecule has 0 radical (unpaired) electrons. The van der Waals surface area contributed by atoms with Gasteiger partial charge in [0.15, 0.2) is 0 Å². The summed E-state index contributed by atoms with van der Waals surface area (Å²) in [7, 11) is 0. The molecule has 0 fully saturated rings. The fourth-order valence-electron chi connectivity index (χ4n) is 2.01. The van der Waals surface area contributed by atoms with E-state index in [0.717, 1.165) is 35.9 Å². The Labute approximate surface area is 114 Å². The van der Waals surface area contributed by atoms with Crippen molar-refractivity contribution in [3.05, 3.63) is 53.5 Å². The van der Waals surface area contributed by atoms with Gasteiger partial charge in [0.05, 0.1) is 12.2 Å². The maximum Gasteiger partial charge on any atom is 0.129 e. The lowest BCUT2D eigenvalue weighted by Gasteiger charge is -2.22. The van der Waals surface area contributed by atoms with Gasteiger partial charge in [-0.3, -0.25) is 4.98 Å². The quantitative estimate of drug-likeness (QED) is 0.891. The first-order valence-electron chi connectivity index (χ1n) is 6.56. The van der Waals surface area contributed by atoms with Crippen LogP contribution in [0.25, 0.3) is 0 Å². The Kier molecular flexibility index (Phi) is 4.47. The first kappa shape index (κ1) is 13.5. The van der Waals surface area contributed by atoms with Gasteiger partial charge in [-0.15, -0.1) is 0 Å². The van der Waals surface area contributed by atoms with Crippen LogP contribution in [0.3, 0.4) is 0 Å². The average molecular weight is 256 g/mol. The molecule has 0 aliphatic carbocycles. The number of nitrogens with zero attached hydrogens (tertiary/aromatic N) is 3. The largest absolute Gasteiger partial charge is 0.351 e. The minimum Gasteiger partial charge on any atom is -0.351 e. The molecule has 2 aromatic heterocycles. The molecule has 0 aromatic carbocycles. The van der Waals surface area contributed by atoms with E-state index in [0.29, 0.717) is 6.54 Å². The van der Waals surface area contributed by atoms with E-state index in [9.17, 15) is 0 Å². The molecule has 0 aliphatic heterocycles. The molecule has 0 saturated carbocycles. The molecule has 0 spiro atoms. The number of aromatic nitrogens is 2. The highest BCUT2D eigenvalue weighted by Crippen LogP contribution is 2.16. The van der Waals surface area contributed by atoms with E-state index in [4.69, 9.17) is 5.73 Å². The van der Waals surface area contributed by atoms with Crippen LogP contribution in [0, 0.1) is 6.92 Å². The number of hydrogen-bond acceptors (Lipinski definition) is 4. The molecule has 2 heterocycles. The van der Waals surface area contributed by atoms with Gasteiger partial charge < -0.3 is 10.6 Å². The summed E-state index contributed by atoms with van der Waals surface area (Å²) in [6.45, 7) is 6.32. The van der Waals surface area contributed by atoms with Crippen molar-refractivity contribution in [2.75, 3.05) is 11.4 Å². The summed E-state index contributed by atoms with van der Waals surface area (Å²) >= 11 is 0. The normalized spacial score (nSPS) is 10.5. The Morgan fingerprint density at radius 2 is 2.05 bits per heavy atom. The molecular formula is C15H20N4. The second-order valence-electron chi connectivity index (χ2n) is 4.45. The van der Waals surface area contributed by atoms with Crippen LogP contribution < -0.4 is 10.6 Å². The van der Waals surface area contributed by atoms with E-state index >= 15 is 0 Å². The minimum atomic E-state index is 0.533. The highest BCUT2D eigenvalue weighted by atomic mass is 15.2. The molecule has 0 saturated heterocycles. The molecule has 4 nitrogen and oxygen atoms in total. The van der Waals surface area contributed by atoms with E-state index in [1.165, 1.54) is 0 Å². The van der Waals surface area contributed by atoms with Crippen LogP contribution in [0.5, 0.6) is 0 Å². The SMILES string of the molecule is CCN(Cc1ccccn1)c1ccc(CN)c(C)n1. The summed E-state index contributed by atoms with van der Waals surface area (Å²) in [4.78, 5) is 11.2. The molecule has 4 heteroatoms. The lowest BCUT2D eigenvalue weighted by Crippen LogP contribution is -2.24. The van der Waals surface area contributed by atoms with Gasteiger partial charge in [0.25, 0.3) is 0 Å². The molecule has 19 heavy (non-hydrogen) atoms. The van der Waals surface area contributed by atoms with Crippen LogP contribution in [-0.2, 0) is 13.1 Å². The Bertz CT molecular complexity index is 525. The van der Waals surface area contributed by atoms with Crippen molar-refractivity contribution in [1.82, 2.24) is 9.97 Å². The molecular weight excluding hydrogens is 236 g/mol. The Balaban J connectivity index is 2.20. The summed E-state index contributed by atoms with van der Waals surface area (Å²) < 4.78 is 0. The fraction of sp³-hybridized carbons (Fsp3) is 0.333. The molecule has 2 rings (SSSR count). The number of anilines is 1. The van der Waals surface area contributed by atoms with E-state index in [2.05, 4.69) is 27.9 Å². The molecule has 2 aromatic rings. The van der Waals surface area contributed by atoms with Crippen LogP contribution in [0.2, 0.25) is 0 Å². The monoisotopic (exact) mass is 256 g/mol. The smallest absolute Gasteiger partial charge is 0.129 e. The van der Waals surface area contributed by atoms with Crippen molar-refractivity contribution in [2.45, 2.75) is 26.9 Å². The standard InChI is InChI=1S/C15H20N4/c1-3-19(11-14-6-4-5-9-17-14)15-8-7-13(10-16)12(2)18-15/h4-9H,3,10-11,16H2,1-2H3. The lowest BCUT2D eigenvalue weighted by molar-refractivity contribution is 0.789. The second-order valence-corrected chi connectivity index (χ2v) is 4.45. The highest BCUT2D eigenvalue weighted by Gasteiger charge is 2.09. The molecule has 0 aliphatic rings. The zero-order valence-electron chi connectivity index (χ0n) is 11.5. The molecule has 2 N–H and O–H groups in total. The fourth-order valence-corrected chi connectivity index (χ4v) is 2.01. The van der Waals surface area contributed by atoms with Crippen LogP contribution >= 0.6 is 0 Å². The third-order valence-electron chi connectivity index (χ3n) is 3.19. The first-order valence-corrected chi connectivity index (χ1v) is 6.56. The summed E-state index contributed by atoms with van der Waals surface area (Å²) in [6, 6.07) is 10.1. The first-order chi connectivity index (χ1) is 9.24. The Morgan fingerprint density at radius 3 is 2.63 bits per heavy atom. The van der Waals surface area contributed by atoms with Crippen LogP contribution in [0.1, 0.15) is 23.9 Å². The van der Waals surface area contributed by atoms with Crippen molar-refractivity contribution in [1.29, 1.82) is 0 Å². The van der Waals surface area contributed by atoms with E-state index in [1.807, 2.05) is 37.4 Å². The molecule has 0 bridgehead atoms. The second kappa shape index (κ2) is 6.29. The minimum absolute atomic E-state index is 0.533. The van der Waals surface area contributed by atoms with Gasteiger partial charge in [0, 0.05) is 25.0 Å².